The van der Waals surface area contributed by atoms with E-state index in [2.05, 4.69) is 57.2 Å². The Morgan fingerprint density at radius 2 is 0.500 bits per heavy atom. The van der Waals surface area contributed by atoms with Gasteiger partial charge in [-0.1, -0.05) is 353 Å². The zero-order valence-corrected chi connectivity index (χ0v) is 52.7. The molecule has 6 nitrogen and oxygen atoms in total. The van der Waals surface area contributed by atoms with E-state index in [-0.39, 0.29) is 31.1 Å². The Bertz CT molecular complexity index is 1300. The molecule has 0 heterocycles. The molecule has 0 N–H and O–H groups in total. The van der Waals surface area contributed by atoms with Crippen LogP contribution in [0.25, 0.3) is 0 Å². The normalized spacial score (nSPS) is 12.2. The van der Waals surface area contributed by atoms with E-state index in [0.29, 0.717) is 19.3 Å². The molecule has 78 heavy (non-hydrogen) atoms. The van der Waals surface area contributed by atoms with E-state index in [1.165, 1.54) is 263 Å². The highest BCUT2D eigenvalue weighted by Gasteiger charge is 2.19. The molecule has 0 aliphatic carbocycles. The molecule has 1 unspecified atom stereocenters. The van der Waals surface area contributed by atoms with E-state index in [1.54, 1.807) is 0 Å². The Morgan fingerprint density at radius 3 is 0.782 bits per heavy atom. The van der Waals surface area contributed by atoms with Gasteiger partial charge >= 0.3 is 17.9 Å². The summed E-state index contributed by atoms with van der Waals surface area (Å²) in [4.78, 5) is 38.3. The first-order chi connectivity index (χ1) is 38.5. The summed E-state index contributed by atoms with van der Waals surface area (Å²) < 4.78 is 16.9. The van der Waals surface area contributed by atoms with Crippen molar-refractivity contribution in [3.8, 4) is 0 Å². The van der Waals surface area contributed by atoms with Crippen LogP contribution in [0.15, 0.2) is 36.5 Å². The molecule has 0 aromatic rings. The van der Waals surface area contributed by atoms with Crippen LogP contribution in [0.4, 0.5) is 0 Å². The maximum atomic E-state index is 12.9. The maximum Gasteiger partial charge on any atom is 0.306 e. The Labute approximate surface area is 486 Å². The smallest absolute Gasteiger partial charge is 0.306 e. The van der Waals surface area contributed by atoms with Crippen molar-refractivity contribution >= 4 is 17.9 Å². The van der Waals surface area contributed by atoms with Gasteiger partial charge in [-0.25, -0.2) is 0 Å². The van der Waals surface area contributed by atoms with Crippen molar-refractivity contribution < 1.29 is 28.6 Å². The van der Waals surface area contributed by atoms with Crippen LogP contribution in [0, 0.1) is 0 Å². The summed E-state index contributed by atoms with van der Waals surface area (Å²) >= 11 is 0. The standard InChI is InChI=1S/C72H134O6/c1-4-7-10-13-16-19-22-25-27-29-30-31-32-33-34-35-36-37-38-39-40-41-43-44-47-50-53-56-59-62-65-71(74)77-68-69(67-76-70(73)64-61-58-55-52-49-46-24-21-18-15-12-9-6-3)78-72(75)66-63-60-57-54-51-48-45-42-28-26-23-20-17-14-11-8-5-2/h9,12,18,21,46,49,69H,4-8,10-11,13-17,19-20,22-45,47-48,50-68H2,1-3H3/b12-9-,21-18-,49-46-. The van der Waals surface area contributed by atoms with Gasteiger partial charge in [0.15, 0.2) is 6.10 Å². The van der Waals surface area contributed by atoms with Crippen LogP contribution in [0.1, 0.15) is 387 Å². The first kappa shape index (κ1) is 75.6. The fourth-order valence-corrected chi connectivity index (χ4v) is 10.7. The number of hydrogen-bond donors (Lipinski definition) is 0. The predicted octanol–water partition coefficient (Wildman–Crippen LogP) is 23.9. The van der Waals surface area contributed by atoms with Gasteiger partial charge in [-0.2, -0.15) is 0 Å². The third kappa shape index (κ3) is 64.5. The molecule has 0 rings (SSSR count). The summed E-state index contributed by atoms with van der Waals surface area (Å²) in [5.41, 5.74) is 0. The number of hydrogen-bond acceptors (Lipinski definition) is 6. The fourth-order valence-electron chi connectivity index (χ4n) is 10.7. The maximum absolute atomic E-state index is 12.9. The summed E-state index contributed by atoms with van der Waals surface area (Å²) in [6, 6.07) is 0. The van der Waals surface area contributed by atoms with Crippen molar-refractivity contribution in [1.29, 1.82) is 0 Å². The molecule has 0 spiro atoms. The molecule has 0 amide bonds. The van der Waals surface area contributed by atoms with Crippen molar-refractivity contribution in [3.05, 3.63) is 36.5 Å². The van der Waals surface area contributed by atoms with E-state index in [0.717, 1.165) is 83.5 Å². The molecule has 0 aliphatic rings. The van der Waals surface area contributed by atoms with Crippen molar-refractivity contribution in [2.75, 3.05) is 13.2 Å². The van der Waals surface area contributed by atoms with Crippen molar-refractivity contribution in [1.82, 2.24) is 0 Å². The number of unbranched alkanes of at least 4 members (excludes halogenated alkanes) is 48. The lowest BCUT2D eigenvalue weighted by Gasteiger charge is -2.18. The highest BCUT2D eigenvalue weighted by atomic mass is 16.6. The van der Waals surface area contributed by atoms with Crippen LogP contribution in [-0.4, -0.2) is 37.2 Å². The number of carbonyl (C=O) groups excluding carboxylic acids is 3. The highest BCUT2D eigenvalue weighted by molar-refractivity contribution is 5.71. The number of allylic oxidation sites excluding steroid dienone is 6. The number of ether oxygens (including phenoxy) is 3. The van der Waals surface area contributed by atoms with Gasteiger partial charge in [-0.05, 0) is 51.4 Å². The highest BCUT2D eigenvalue weighted by Crippen LogP contribution is 2.19. The minimum atomic E-state index is -0.781. The molecule has 0 aromatic carbocycles. The molecule has 0 aliphatic heterocycles. The number of esters is 3. The second-order valence-corrected chi connectivity index (χ2v) is 23.8. The summed E-state index contributed by atoms with van der Waals surface area (Å²) in [6.07, 6.45) is 83.4. The minimum Gasteiger partial charge on any atom is -0.462 e. The summed E-state index contributed by atoms with van der Waals surface area (Å²) in [5.74, 6) is -0.879. The van der Waals surface area contributed by atoms with Gasteiger partial charge < -0.3 is 14.2 Å². The van der Waals surface area contributed by atoms with Crippen molar-refractivity contribution in [2.24, 2.45) is 0 Å². The molecule has 0 fully saturated rings. The van der Waals surface area contributed by atoms with Gasteiger partial charge in [0, 0.05) is 19.3 Å². The van der Waals surface area contributed by atoms with Gasteiger partial charge in [0.25, 0.3) is 0 Å². The van der Waals surface area contributed by atoms with Crippen LogP contribution >= 0.6 is 0 Å². The average Bonchev–Trinajstić information content (AvgIpc) is 3.44. The monoisotopic (exact) mass is 1100 g/mol. The lowest BCUT2D eigenvalue weighted by atomic mass is 10.0. The number of rotatable bonds is 65. The van der Waals surface area contributed by atoms with E-state index in [1.807, 2.05) is 0 Å². The topological polar surface area (TPSA) is 78.9 Å². The molecular weight excluding hydrogens is 961 g/mol. The Balaban J connectivity index is 4.14. The van der Waals surface area contributed by atoms with Gasteiger partial charge in [-0.3, -0.25) is 14.4 Å². The molecule has 0 radical (unpaired) electrons. The first-order valence-corrected chi connectivity index (χ1v) is 35.0. The second kappa shape index (κ2) is 67.1. The van der Waals surface area contributed by atoms with Crippen LogP contribution in [-0.2, 0) is 28.6 Å². The third-order valence-corrected chi connectivity index (χ3v) is 15.9. The third-order valence-electron chi connectivity index (χ3n) is 15.9. The van der Waals surface area contributed by atoms with E-state index in [9.17, 15) is 14.4 Å². The van der Waals surface area contributed by atoms with Crippen LogP contribution in [0.5, 0.6) is 0 Å². The van der Waals surface area contributed by atoms with E-state index in [4.69, 9.17) is 14.2 Å². The molecule has 1 atom stereocenters. The summed E-state index contributed by atoms with van der Waals surface area (Å²) in [5, 5.41) is 0. The van der Waals surface area contributed by atoms with Crippen LogP contribution in [0.3, 0.4) is 0 Å². The minimum absolute atomic E-state index is 0.0759. The van der Waals surface area contributed by atoms with Crippen LogP contribution in [0.2, 0.25) is 0 Å². The average molecular weight is 1100 g/mol. The molecule has 0 saturated heterocycles. The zero-order valence-electron chi connectivity index (χ0n) is 52.7. The Morgan fingerprint density at radius 1 is 0.269 bits per heavy atom. The van der Waals surface area contributed by atoms with Gasteiger partial charge in [-0.15, -0.1) is 0 Å². The molecule has 458 valence electrons. The zero-order chi connectivity index (χ0) is 56.4. The van der Waals surface area contributed by atoms with Crippen LogP contribution < -0.4 is 0 Å². The Kier molecular flexibility index (Phi) is 65.1. The molecule has 0 aromatic heterocycles. The van der Waals surface area contributed by atoms with Gasteiger partial charge in [0.2, 0.25) is 0 Å². The quantitative estimate of drug-likeness (QED) is 0.0261. The second-order valence-electron chi connectivity index (χ2n) is 23.8. The molecule has 6 heteroatoms. The van der Waals surface area contributed by atoms with E-state index >= 15 is 0 Å². The lowest BCUT2D eigenvalue weighted by Crippen LogP contribution is -2.30. The molecule has 0 bridgehead atoms. The summed E-state index contributed by atoms with van der Waals surface area (Å²) in [7, 11) is 0. The van der Waals surface area contributed by atoms with E-state index < -0.39 is 6.10 Å². The van der Waals surface area contributed by atoms with Crippen molar-refractivity contribution in [2.45, 2.75) is 393 Å². The first-order valence-electron chi connectivity index (χ1n) is 35.0. The molecular formula is C72H134O6. The van der Waals surface area contributed by atoms with Gasteiger partial charge in [0.05, 0.1) is 0 Å². The van der Waals surface area contributed by atoms with Crippen molar-refractivity contribution in [3.63, 3.8) is 0 Å². The predicted molar refractivity (Wildman–Crippen MR) is 339 cm³/mol. The Hall–Kier alpha value is -2.37. The summed E-state index contributed by atoms with van der Waals surface area (Å²) in [6.45, 7) is 6.57. The van der Waals surface area contributed by atoms with Gasteiger partial charge in [0.1, 0.15) is 13.2 Å². The SMILES string of the molecule is CC/C=C\C/C=C\C/C=C\CCCCCC(=O)OCC(COC(=O)CCCCCCCCCCCCCCCCCCCCCCCCCCCCCCCC)OC(=O)CCCCCCCCCCCCCCCCCCC. The lowest BCUT2D eigenvalue weighted by molar-refractivity contribution is -0.167. The fraction of sp³-hybridized carbons (Fsp3) is 0.875. The largest absolute Gasteiger partial charge is 0.462 e. The number of carbonyl (C=O) groups is 3. The molecule has 0 saturated carbocycles.